The Morgan fingerprint density at radius 1 is 1.00 bits per heavy atom. The van der Waals surface area contributed by atoms with Crippen molar-refractivity contribution in [2.45, 2.75) is 12.2 Å². The van der Waals surface area contributed by atoms with E-state index in [2.05, 4.69) is 0 Å². The van der Waals surface area contributed by atoms with Gasteiger partial charge in [0.15, 0.2) is 35.0 Å². The molecule has 1 aliphatic rings. The van der Waals surface area contributed by atoms with Crippen LogP contribution < -0.4 is 24.6 Å². The van der Waals surface area contributed by atoms with Crippen LogP contribution in [0.4, 0.5) is 0 Å². The van der Waals surface area contributed by atoms with Crippen molar-refractivity contribution in [3.05, 3.63) is 52.4 Å². The lowest BCUT2D eigenvalue weighted by atomic mass is 10.0. The summed E-state index contributed by atoms with van der Waals surface area (Å²) >= 11 is 0. The summed E-state index contributed by atoms with van der Waals surface area (Å²) < 4.78 is 28.0. The van der Waals surface area contributed by atoms with E-state index < -0.39 is 17.8 Å². The van der Waals surface area contributed by atoms with E-state index in [4.69, 9.17) is 23.4 Å². The smallest absolute Gasteiger partial charge is 0.336 e. The van der Waals surface area contributed by atoms with Crippen molar-refractivity contribution in [2.24, 2.45) is 0 Å². The zero-order chi connectivity index (χ0) is 19.8. The number of ether oxygens (including phenoxy) is 4. The average molecular weight is 386 g/mol. The van der Waals surface area contributed by atoms with Crippen LogP contribution >= 0.6 is 0 Å². The van der Waals surface area contributed by atoms with Crippen LogP contribution in [0, 0.1) is 0 Å². The maximum absolute atomic E-state index is 11.7. The lowest BCUT2D eigenvalue weighted by Crippen LogP contribution is -2.36. The molecule has 8 heteroatoms. The summed E-state index contributed by atoms with van der Waals surface area (Å²) in [5, 5.41) is 20.3. The highest BCUT2D eigenvalue weighted by molar-refractivity contribution is 5.88. The Balaban J connectivity index is 1.87. The first kappa shape index (κ1) is 18.0. The summed E-state index contributed by atoms with van der Waals surface area (Å²) in [4.78, 5) is 11.7. The van der Waals surface area contributed by atoms with Gasteiger partial charge >= 0.3 is 5.63 Å². The van der Waals surface area contributed by atoms with Gasteiger partial charge in [0.25, 0.3) is 0 Å². The van der Waals surface area contributed by atoms with Gasteiger partial charge in [0.1, 0.15) is 0 Å². The fourth-order valence-corrected chi connectivity index (χ4v) is 3.21. The predicted molar refractivity (Wildman–Crippen MR) is 98.6 cm³/mol. The minimum atomic E-state index is -0.789. The molecule has 0 amide bonds. The second-order valence-corrected chi connectivity index (χ2v) is 6.22. The minimum Gasteiger partial charge on any atom is -0.504 e. The number of aliphatic hydroxyl groups excluding tert-OH is 1. The van der Waals surface area contributed by atoms with Crippen molar-refractivity contribution in [3.63, 3.8) is 0 Å². The van der Waals surface area contributed by atoms with E-state index in [1.165, 1.54) is 26.4 Å². The lowest BCUT2D eigenvalue weighted by molar-refractivity contribution is -0.0135. The first-order valence-corrected chi connectivity index (χ1v) is 8.51. The van der Waals surface area contributed by atoms with Crippen LogP contribution in [0.1, 0.15) is 11.7 Å². The second kappa shape index (κ2) is 6.97. The maximum atomic E-state index is 11.7. The fraction of sp³-hybridized carbons (Fsp3) is 0.250. The van der Waals surface area contributed by atoms with Gasteiger partial charge in [-0.1, -0.05) is 6.07 Å². The van der Waals surface area contributed by atoms with Crippen LogP contribution in [0.25, 0.3) is 11.0 Å². The highest BCUT2D eigenvalue weighted by Gasteiger charge is 2.37. The molecule has 2 atom stereocenters. The predicted octanol–water partition coefficient (Wildman–Crippen LogP) is 2.39. The summed E-state index contributed by atoms with van der Waals surface area (Å²) in [5.41, 5.74) is 0.300. The molecule has 4 rings (SSSR count). The van der Waals surface area contributed by atoms with E-state index in [1.54, 1.807) is 24.3 Å². The molecule has 28 heavy (non-hydrogen) atoms. The zero-order valence-electron chi connectivity index (χ0n) is 15.2. The van der Waals surface area contributed by atoms with Crippen molar-refractivity contribution < 1.29 is 33.6 Å². The third-order valence-corrected chi connectivity index (χ3v) is 4.57. The Bertz CT molecular complexity index is 1090. The van der Waals surface area contributed by atoms with Crippen molar-refractivity contribution in [2.75, 3.05) is 20.8 Å². The van der Waals surface area contributed by atoms with Crippen molar-refractivity contribution in [1.82, 2.24) is 0 Å². The number of aliphatic hydroxyl groups is 1. The molecular formula is C20H18O8. The summed E-state index contributed by atoms with van der Waals surface area (Å²) in [5.74, 6) is 1.08. The number of hydrogen-bond donors (Lipinski definition) is 2. The molecule has 2 heterocycles. The van der Waals surface area contributed by atoms with Gasteiger partial charge < -0.3 is 33.6 Å². The molecule has 1 aromatic heterocycles. The van der Waals surface area contributed by atoms with Gasteiger partial charge in [-0.15, -0.1) is 0 Å². The van der Waals surface area contributed by atoms with E-state index >= 15 is 0 Å². The van der Waals surface area contributed by atoms with Crippen LogP contribution in [0.5, 0.6) is 28.7 Å². The number of phenols is 1. The van der Waals surface area contributed by atoms with Crippen LogP contribution in [0.15, 0.2) is 45.6 Å². The van der Waals surface area contributed by atoms with Gasteiger partial charge in [0.2, 0.25) is 11.5 Å². The quantitative estimate of drug-likeness (QED) is 0.658. The van der Waals surface area contributed by atoms with Crippen LogP contribution in [0.2, 0.25) is 0 Å². The lowest BCUT2D eigenvalue weighted by Gasteiger charge is -2.34. The summed E-state index contributed by atoms with van der Waals surface area (Å²) in [6.45, 7) is -0.358. The number of fused-ring (bicyclic) bond motifs is 3. The molecule has 3 aromatic rings. The monoisotopic (exact) mass is 386 g/mol. The molecule has 0 radical (unpaired) electrons. The zero-order valence-corrected chi connectivity index (χ0v) is 15.2. The summed E-state index contributed by atoms with van der Waals surface area (Å²) in [7, 11) is 2.92. The molecular weight excluding hydrogens is 368 g/mol. The second-order valence-electron chi connectivity index (χ2n) is 6.22. The fourth-order valence-electron chi connectivity index (χ4n) is 3.21. The third kappa shape index (κ3) is 2.87. The molecule has 0 spiro atoms. The molecule has 0 unspecified atom stereocenters. The number of phenolic OH excluding ortho intramolecular Hbond substituents is 1. The molecule has 1 aliphatic heterocycles. The van der Waals surface area contributed by atoms with E-state index in [-0.39, 0.29) is 35.2 Å². The van der Waals surface area contributed by atoms with Crippen molar-refractivity contribution in [3.8, 4) is 28.7 Å². The van der Waals surface area contributed by atoms with Gasteiger partial charge in [-0.05, 0) is 24.3 Å². The Hall–Kier alpha value is -3.39. The van der Waals surface area contributed by atoms with Gasteiger partial charge in [0, 0.05) is 17.0 Å². The average Bonchev–Trinajstić information content (AvgIpc) is 2.72. The minimum absolute atomic E-state index is 0.0192. The van der Waals surface area contributed by atoms with Gasteiger partial charge in [-0.25, -0.2) is 4.79 Å². The summed E-state index contributed by atoms with van der Waals surface area (Å²) in [6, 6.07) is 9.29. The topological polar surface area (TPSA) is 108 Å². The van der Waals surface area contributed by atoms with E-state index in [9.17, 15) is 15.0 Å². The van der Waals surface area contributed by atoms with Crippen molar-refractivity contribution >= 4 is 11.0 Å². The molecule has 2 aromatic carbocycles. The van der Waals surface area contributed by atoms with Crippen molar-refractivity contribution in [1.29, 1.82) is 0 Å². The molecule has 0 fully saturated rings. The molecule has 0 aliphatic carbocycles. The molecule has 2 N–H and O–H groups in total. The Morgan fingerprint density at radius 2 is 1.79 bits per heavy atom. The van der Waals surface area contributed by atoms with Gasteiger partial charge in [-0.3, -0.25) is 0 Å². The molecule has 8 nitrogen and oxygen atoms in total. The molecule has 0 saturated carbocycles. The third-order valence-electron chi connectivity index (χ3n) is 4.57. The largest absolute Gasteiger partial charge is 0.504 e. The number of methoxy groups -OCH3 is 2. The highest BCUT2D eigenvalue weighted by atomic mass is 16.6. The van der Waals surface area contributed by atoms with E-state index in [0.717, 1.165) is 0 Å². The highest BCUT2D eigenvalue weighted by Crippen LogP contribution is 2.49. The van der Waals surface area contributed by atoms with Crippen LogP contribution in [-0.4, -0.2) is 37.1 Å². The molecule has 0 bridgehead atoms. The molecule has 146 valence electrons. The standard InChI is InChI=1S/C20H18O8/c1-24-13-7-10(3-5-12(13)22)17-15(9-21)26-20-18-11(4-6-16(23)27-18)8-14(25-2)19(20)28-17/h3-8,15,17,21-22H,9H2,1-2H3/t15-,17-/m1/s1. The Labute approximate surface area is 159 Å². The van der Waals surface area contributed by atoms with Crippen LogP contribution in [-0.2, 0) is 0 Å². The Kier molecular flexibility index (Phi) is 4.48. The van der Waals surface area contributed by atoms with E-state index in [0.29, 0.717) is 16.7 Å². The maximum Gasteiger partial charge on any atom is 0.336 e. The van der Waals surface area contributed by atoms with E-state index in [1.807, 2.05) is 0 Å². The number of hydrogen-bond acceptors (Lipinski definition) is 8. The number of aromatic hydroxyl groups is 1. The number of rotatable bonds is 4. The first-order valence-electron chi connectivity index (χ1n) is 8.51. The first-order chi connectivity index (χ1) is 13.5. The SMILES string of the molecule is COc1cc([C@H]2Oc3c(OC)cc4ccc(=O)oc4c3O[C@@H]2CO)ccc1O. The Morgan fingerprint density at radius 3 is 2.50 bits per heavy atom. The molecule has 0 saturated heterocycles. The van der Waals surface area contributed by atoms with Crippen LogP contribution in [0.3, 0.4) is 0 Å². The van der Waals surface area contributed by atoms with Gasteiger partial charge in [0.05, 0.1) is 20.8 Å². The summed E-state index contributed by atoms with van der Waals surface area (Å²) in [6.07, 6.45) is -1.50. The number of benzene rings is 2. The normalized spacial score (nSPS) is 18.1. The van der Waals surface area contributed by atoms with Gasteiger partial charge in [-0.2, -0.15) is 0 Å².